The molecule has 1 rings (SSSR count). The number of ketones is 1. The van der Waals surface area contributed by atoms with E-state index in [0.717, 1.165) is 17.7 Å². The van der Waals surface area contributed by atoms with E-state index in [-0.39, 0.29) is 11.9 Å². The predicted octanol–water partition coefficient (Wildman–Crippen LogP) is 3.04. The van der Waals surface area contributed by atoms with Crippen molar-refractivity contribution >= 4 is 5.78 Å². The Labute approximate surface area is 110 Å². The Morgan fingerprint density at radius 3 is 2.33 bits per heavy atom. The van der Waals surface area contributed by atoms with Crippen LogP contribution in [0, 0.1) is 0 Å². The average Bonchev–Trinajstić information content (AvgIpc) is 2.35. The van der Waals surface area contributed by atoms with Crippen LogP contribution in [0.15, 0.2) is 24.3 Å². The molecule has 0 aliphatic carbocycles. The van der Waals surface area contributed by atoms with Gasteiger partial charge >= 0.3 is 0 Å². The molecule has 0 amide bonds. The first-order valence-electron chi connectivity index (χ1n) is 6.56. The average molecular weight is 249 g/mol. The Bertz CT molecular complexity index is 371. The van der Waals surface area contributed by atoms with E-state index in [2.05, 4.69) is 19.2 Å². The van der Waals surface area contributed by atoms with Crippen LogP contribution < -0.4 is 10.1 Å². The first kappa shape index (κ1) is 14.7. The van der Waals surface area contributed by atoms with Gasteiger partial charge in [0.2, 0.25) is 0 Å². The maximum atomic E-state index is 11.9. The quantitative estimate of drug-likeness (QED) is 0.755. The van der Waals surface area contributed by atoms with Crippen molar-refractivity contribution in [2.45, 2.75) is 46.3 Å². The highest BCUT2D eigenvalue weighted by Gasteiger charge is 2.07. The fourth-order valence-electron chi connectivity index (χ4n) is 1.50. The zero-order valence-electron chi connectivity index (χ0n) is 11.7. The van der Waals surface area contributed by atoms with Crippen molar-refractivity contribution in [3.05, 3.63) is 29.8 Å². The second kappa shape index (κ2) is 7.17. The van der Waals surface area contributed by atoms with Gasteiger partial charge in [-0.15, -0.1) is 0 Å². The second-order valence-corrected chi connectivity index (χ2v) is 4.80. The van der Waals surface area contributed by atoms with E-state index in [1.165, 1.54) is 0 Å². The summed E-state index contributed by atoms with van der Waals surface area (Å²) in [4.78, 5) is 11.9. The minimum Gasteiger partial charge on any atom is -0.491 e. The molecule has 3 nitrogen and oxygen atoms in total. The second-order valence-electron chi connectivity index (χ2n) is 4.80. The highest BCUT2D eigenvalue weighted by atomic mass is 16.5. The SMILES string of the molecule is CCC(C)NCC(=O)c1ccc(OC(C)C)cc1. The summed E-state index contributed by atoms with van der Waals surface area (Å²) in [7, 11) is 0. The molecule has 100 valence electrons. The highest BCUT2D eigenvalue weighted by molar-refractivity contribution is 5.97. The first-order chi connectivity index (χ1) is 8.52. The zero-order valence-corrected chi connectivity index (χ0v) is 11.7. The molecule has 1 N–H and O–H groups in total. The van der Waals surface area contributed by atoms with Crippen molar-refractivity contribution in [3.8, 4) is 5.75 Å². The molecule has 0 aliphatic heterocycles. The number of benzene rings is 1. The number of ether oxygens (including phenoxy) is 1. The molecule has 0 bridgehead atoms. The van der Waals surface area contributed by atoms with Crippen molar-refractivity contribution in [1.82, 2.24) is 5.32 Å². The number of carbonyl (C=O) groups excluding carboxylic acids is 1. The Balaban J connectivity index is 2.53. The van der Waals surface area contributed by atoms with E-state index in [1.807, 2.05) is 38.1 Å². The Kier molecular flexibility index (Phi) is 5.86. The van der Waals surface area contributed by atoms with Crippen LogP contribution in [0.2, 0.25) is 0 Å². The summed E-state index contributed by atoms with van der Waals surface area (Å²) in [5, 5.41) is 3.20. The minimum absolute atomic E-state index is 0.117. The molecule has 1 atom stereocenters. The van der Waals surface area contributed by atoms with Crippen molar-refractivity contribution in [2.24, 2.45) is 0 Å². The molecule has 0 spiro atoms. The van der Waals surface area contributed by atoms with Gasteiger partial charge in [-0.1, -0.05) is 6.92 Å². The third-order valence-corrected chi connectivity index (χ3v) is 2.77. The molecule has 18 heavy (non-hydrogen) atoms. The molecule has 3 heteroatoms. The third-order valence-electron chi connectivity index (χ3n) is 2.77. The topological polar surface area (TPSA) is 38.3 Å². The number of hydrogen-bond acceptors (Lipinski definition) is 3. The maximum Gasteiger partial charge on any atom is 0.176 e. The summed E-state index contributed by atoms with van der Waals surface area (Å²) in [5.74, 6) is 0.919. The Morgan fingerprint density at radius 1 is 1.22 bits per heavy atom. The Morgan fingerprint density at radius 2 is 1.83 bits per heavy atom. The van der Waals surface area contributed by atoms with Crippen LogP contribution in [0.5, 0.6) is 5.75 Å². The van der Waals surface area contributed by atoms with E-state index in [4.69, 9.17) is 4.74 Å². The summed E-state index contributed by atoms with van der Waals surface area (Å²) in [6, 6.07) is 7.70. The Hall–Kier alpha value is -1.35. The molecular formula is C15H23NO2. The molecule has 0 fully saturated rings. The van der Waals surface area contributed by atoms with E-state index < -0.39 is 0 Å². The highest BCUT2D eigenvalue weighted by Crippen LogP contribution is 2.14. The number of Topliss-reactive ketones (excluding diaryl/α,β-unsaturated/α-hetero) is 1. The lowest BCUT2D eigenvalue weighted by atomic mass is 10.1. The smallest absolute Gasteiger partial charge is 0.176 e. The third kappa shape index (κ3) is 4.88. The molecule has 1 aromatic rings. The van der Waals surface area contributed by atoms with Crippen LogP contribution in [-0.4, -0.2) is 24.5 Å². The fourth-order valence-corrected chi connectivity index (χ4v) is 1.50. The van der Waals surface area contributed by atoms with Crippen LogP contribution >= 0.6 is 0 Å². The fraction of sp³-hybridized carbons (Fsp3) is 0.533. The summed E-state index contributed by atoms with van der Waals surface area (Å²) in [5.41, 5.74) is 0.724. The van der Waals surface area contributed by atoms with Gasteiger partial charge in [-0.3, -0.25) is 4.79 Å². The van der Waals surface area contributed by atoms with Gasteiger partial charge in [-0.2, -0.15) is 0 Å². The summed E-state index contributed by atoms with van der Waals surface area (Å²) >= 11 is 0. The van der Waals surface area contributed by atoms with Crippen molar-refractivity contribution < 1.29 is 9.53 Å². The van der Waals surface area contributed by atoms with Crippen LogP contribution in [0.25, 0.3) is 0 Å². The molecule has 1 aromatic carbocycles. The van der Waals surface area contributed by atoms with E-state index in [0.29, 0.717) is 12.6 Å². The largest absolute Gasteiger partial charge is 0.491 e. The summed E-state index contributed by atoms with van der Waals surface area (Å²) < 4.78 is 5.54. The zero-order chi connectivity index (χ0) is 13.5. The van der Waals surface area contributed by atoms with Crippen LogP contribution in [0.3, 0.4) is 0 Å². The van der Waals surface area contributed by atoms with Crippen molar-refractivity contribution in [1.29, 1.82) is 0 Å². The van der Waals surface area contributed by atoms with E-state index in [9.17, 15) is 4.79 Å². The van der Waals surface area contributed by atoms with Crippen molar-refractivity contribution in [3.63, 3.8) is 0 Å². The van der Waals surface area contributed by atoms with Gasteiger partial charge in [0, 0.05) is 11.6 Å². The van der Waals surface area contributed by atoms with Crippen LogP contribution in [-0.2, 0) is 0 Å². The molecule has 1 unspecified atom stereocenters. The van der Waals surface area contributed by atoms with Gasteiger partial charge < -0.3 is 10.1 Å². The number of carbonyl (C=O) groups is 1. The van der Waals surface area contributed by atoms with E-state index >= 15 is 0 Å². The van der Waals surface area contributed by atoms with Gasteiger partial charge in [0.05, 0.1) is 12.6 Å². The lowest BCUT2D eigenvalue weighted by Gasteiger charge is -2.11. The van der Waals surface area contributed by atoms with Gasteiger partial charge in [0.25, 0.3) is 0 Å². The van der Waals surface area contributed by atoms with Gasteiger partial charge in [-0.25, -0.2) is 0 Å². The molecular weight excluding hydrogens is 226 g/mol. The molecule has 0 aromatic heterocycles. The first-order valence-corrected chi connectivity index (χ1v) is 6.56. The van der Waals surface area contributed by atoms with E-state index in [1.54, 1.807) is 0 Å². The van der Waals surface area contributed by atoms with Crippen LogP contribution in [0.4, 0.5) is 0 Å². The molecule has 0 radical (unpaired) electrons. The molecule has 0 heterocycles. The maximum absolute atomic E-state index is 11.9. The number of nitrogens with one attached hydrogen (secondary N) is 1. The normalized spacial score (nSPS) is 12.5. The summed E-state index contributed by atoms with van der Waals surface area (Å²) in [6.07, 6.45) is 1.17. The minimum atomic E-state index is 0.117. The van der Waals surface area contributed by atoms with Crippen molar-refractivity contribution in [2.75, 3.05) is 6.54 Å². The monoisotopic (exact) mass is 249 g/mol. The molecule has 0 saturated carbocycles. The molecule has 0 saturated heterocycles. The predicted molar refractivity (Wildman–Crippen MR) is 74.3 cm³/mol. The lowest BCUT2D eigenvalue weighted by molar-refractivity contribution is 0.0987. The van der Waals surface area contributed by atoms with Crippen LogP contribution in [0.1, 0.15) is 44.5 Å². The van der Waals surface area contributed by atoms with Gasteiger partial charge in [-0.05, 0) is 51.5 Å². The molecule has 0 aliphatic rings. The number of hydrogen-bond donors (Lipinski definition) is 1. The lowest BCUT2D eigenvalue weighted by Crippen LogP contribution is -2.30. The standard InChI is InChI=1S/C15H23NO2/c1-5-12(4)16-10-15(17)13-6-8-14(9-7-13)18-11(2)3/h6-9,11-12,16H,5,10H2,1-4H3. The van der Waals surface area contributed by atoms with Gasteiger partial charge in [0.15, 0.2) is 5.78 Å². The van der Waals surface area contributed by atoms with Gasteiger partial charge in [0.1, 0.15) is 5.75 Å². The summed E-state index contributed by atoms with van der Waals surface area (Å²) in [6.45, 7) is 8.52. The number of rotatable bonds is 7.